The molecule has 4 heterocycles. The molecule has 4 aliphatic rings. The lowest BCUT2D eigenvalue weighted by Gasteiger charge is -2.44. The number of amides is 9. The summed E-state index contributed by atoms with van der Waals surface area (Å²) in [7, 11) is 6.03. The van der Waals surface area contributed by atoms with Crippen molar-refractivity contribution in [2.75, 3.05) is 94.1 Å². The molecule has 7 atom stereocenters. The van der Waals surface area contributed by atoms with Gasteiger partial charge >= 0.3 is 24.1 Å². The quantitative estimate of drug-likeness (QED) is 0.0508. The third-order valence-electron chi connectivity index (χ3n) is 22.8. The summed E-state index contributed by atoms with van der Waals surface area (Å²) in [6, 6.07) is 78.9. The number of methoxy groups -OCH3 is 4. The molecular weight excluding hydrogens is 1920 g/mol. The smallest absolute Gasteiger partial charge is 0.336 e. The molecule has 16 rings (SSSR count). The molecule has 12 aromatic rings. The van der Waals surface area contributed by atoms with Gasteiger partial charge in [0.2, 0.25) is 0 Å². The Hall–Kier alpha value is -12.1. The lowest BCUT2D eigenvalue weighted by Crippen LogP contribution is -2.60. The predicted octanol–water partition coefficient (Wildman–Crippen LogP) is 26.1. The molecule has 0 aromatic heterocycles. The van der Waals surface area contributed by atoms with Gasteiger partial charge in [0.05, 0.1) is 58.4 Å². The van der Waals surface area contributed by atoms with E-state index in [-0.39, 0.29) is 32.3 Å². The zero-order chi connectivity index (χ0) is 96.3. The first-order valence-electron chi connectivity index (χ1n) is 40.4. The van der Waals surface area contributed by atoms with E-state index >= 15 is 0 Å². The number of urea groups is 4. The van der Waals surface area contributed by atoms with Gasteiger partial charge < -0.3 is 34.3 Å². The Labute approximate surface area is 818 Å². The Kier molecular flexibility index (Phi) is 31.5. The molecule has 0 aliphatic carbocycles. The van der Waals surface area contributed by atoms with E-state index in [0.29, 0.717) is 125 Å². The zero-order valence-corrected chi connectivity index (χ0v) is 80.0. The van der Waals surface area contributed by atoms with E-state index in [1.807, 2.05) is 12.1 Å². The number of nitrogens with zero attached hydrogens (tertiary/aromatic N) is 12. The van der Waals surface area contributed by atoms with Crippen LogP contribution in [0.25, 0.3) is 19.4 Å². The van der Waals surface area contributed by atoms with Crippen LogP contribution in [0.5, 0.6) is 0 Å². The summed E-state index contributed by atoms with van der Waals surface area (Å²) in [5.74, 6) is -0.364. The highest BCUT2D eigenvalue weighted by molar-refractivity contribution is 9.10. The Morgan fingerprint density at radius 1 is 0.286 bits per heavy atom. The topological polar surface area (TPSA) is 226 Å². The van der Waals surface area contributed by atoms with E-state index in [0.717, 1.165) is 9.37 Å². The summed E-state index contributed by atoms with van der Waals surface area (Å²) in [5, 5.41) is 41.6. The molecule has 4 aliphatic heterocycles. The van der Waals surface area contributed by atoms with Crippen molar-refractivity contribution in [3.8, 4) is 0 Å². The first-order chi connectivity index (χ1) is 63.5. The van der Waals surface area contributed by atoms with Crippen LogP contribution in [-0.2, 0) is 40.9 Å². The van der Waals surface area contributed by atoms with Gasteiger partial charge in [-0.3, -0.25) is 39.1 Å². The third-order valence-corrected chi connectivity index (χ3v) is 25.4. The average molecular weight is 2010 g/mol. The number of hydrogen-bond acceptors (Lipinski definition) is 12. The van der Waals surface area contributed by atoms with Crippen molar-refractivity contribution in [1.29, 1.82) is 0 Å². The summed E-state index contributed by atoms with van der Waals surface area (Å²) in [5.41, 5.74) is -3.87. The SMILES string of the molecule is COCC1(C)C(=O)N(c2ccc(Cl)cc2)C(=O)N1c1ccc(Cl)cc1.[C-]#[N+]c1cccc(Br)c1.[C-]#[N+]c1cccc(C2(O)N(c3ccc(Cl)cc3)C(=O)N(c3ccc(Cl)cc3)C2(C)COC)c1.[C-]#[N+]c1cccc(C2(O)N(c3ccc(Cl)cc3)C(=O)N(c3ccc(Cl)cc3)[C@@]2(C)COC)c1.[C-]#[N+]c1cccc(C2(O)N(c3ccc(Cl)cc3)C(=O)N(c3ccc(Cl)cc3)[C@]2(C)COC)c1. The van der Waals surface area contributed by atoms with E-state index in [1.165, 1.54) is 62.7 Å². The van der Waals surface area contributed by atoms with Crippen molar-refractivity contribution in [2.45, 2.75) is 67.0 Å². The second-order valence-electron chi connectivity index (χ2n) is 31.4. The Morgan fingerprint density at radius 2 is 0.496 bits per heavy atom. The van der Waals surface area contributed by atoms with Crippen molar-refractivity contribution in [3.63, 3.8) is 0 Å². The molecule has 24 nitrogen and oxygen atoms in total. The third kappa shape index (κ3) is 19.4. The van der Waals surface area contributed by atoms with Gasteiger partial charge in [-0.2, -0.15) is 0 Å². The van der Waals surface area contributed by atoms with E-state index in [9.17, 15) is 39.3 Å². The van der Waals surface area contributed by atoms with Crippen LogP contribution < -0.4 is 39.2 Å². The molecular formula is C100H83BrCl8N12O12. The van der Waals surface area contributed by atoms with Crippen molar-refractivity contribution < 1.29 is 58.2 Å². The van der Waals surface area contributed by atoms with Crippen molar-refractivity contribution in [3.05, 3.63) is 398 Å². The number of anilines is 8. The first kappa shape index (κ1) is 99.9. The van der Waals surface area contributed by atoms with Gasteiger partial charge in [-0.1, -0.05) is 182 Å². The lowest BCUT2D eigenvalue weighted by atomic mass is 9.82. The van der Waals surface area contributed by atoms with Gasteiger partial charge in [-0.25, -0.2) is 43.5 Å². The molecule has 678 valence electrons. The standard InChI is InChI=1S/3C25H21Cl2N3O3.C18H16Cl2N2O3.C7H4BrN/c3*1-24(16-33-3)25(32,17-5-4-6-20(15-17)28-2)30(22-13-9-19(27)10-14-22)23(31)29(24)21-11-7-18(26)8-12-21;1-18(11-25-2)16(23)21(14-7-3-12(19)4-8-14)17(24)22(18)15-9-5-13(20)6-10-15;1-9-7-4-2-3-6(8)5-7/h3*4-15,32H,16H2,1,3H3;3-10H,11H2,1-2H3;2-5H/t2*24-,25?;;;/m10.../s1. The average Bonchev–Trinajstić information content (AvgIpc) is 1.54. The fourth-order valence-electron chi connectivity index (χ4n) is 16.7. The van der Waals surface area contributed by atoms with E-state index in [2.05, 4.69) is 35.3 Å². The van der Waals surface area contributed by atoms with Gasteiger partial charge in [-0.05, 0) is 263 Å². The van der Waals surface area contributed by atoms with Crippen LogP contribution in [0.3, 0.4) is 0 Å². The maximum atomic E-state index is 14.0. The lowest BCUT2D eigenvalue weighted by molar-refractivity contribution is -0.122. The maximum Gasteiger partial charge on any atom is 0.336 e. The van der Waals surface area contributed by atoms with Gasteiger partial charge in [0.1, 0.15) is 22.2 Å². The van der Waals surface area contributed by atoms with Crippen LogP contribution >= 0.6 is 109 Å². The monoisotopic (exact) mass is 2000 g/mol. The first-order valence-corrected chi connectivity index (χ1v) is 44.2. The molecule has 3 N–H and O–H groups in total. The number of imide groups is 1. The number of benzene rings is 12. The fraction of sp³-hybridized carbons (Fsp3) is 0.190. The van der Waals surface area contributed by atoms with E-state index < -0.39 is 63.5 Å². The summed E-state index contributed by atoms with van der Waals surface area (Å²) in [6.07, 6.45) is 0. The summed E-state index contributed by atoms with van der Waals surface area (Å²) >= 11 is 51.6. The largest absolute Gasteiger partial charge is 0.382 e. The van der Waals surface area contributed by atoms with Crippen molar-refractivity contribution in [1.82, 2.24) is 0 Å². The van der Waals surface area contributed by atoms with Crippen LogP contribution in [0.4, 0.5) is 87.4 Å². The number of halogens is 9. The van der Waals surface area contributed by atoms with Crippen LogP contribution in [-0.4, -0.2) is 122 Å². The number of carbonyl (C=O) groups excluding carboxylic acids is 5. The molecule has 133 heavy (non-hydrogen) atoms. The zero-order valence-electron chi connectivity index (χ0n) is 72.3. The van der Waals surface area contributed by atoms with Gasteiger partial charge in [0, 0.05) is 113 Å². The minimum Gasteiger partial charge on any atom is -0.382 e. The highest BCUT2D eigenvalue weighted by atomic mass is 79.9. The van der Waals surface area contributed by atoms with E-state index in [4.69, 9.17) is 138 Å². The Balaban J connectivity index is 0.000000155. The van der Waals surface area contributed by atoms with Gasteiger partial charge in [-0.15, -0.1) is 0 Å². The summed E-state index contributed by atoms with van der Waals surface area (Å²) in [6.45, 7) is 35.9. The predicted molar refractivity (Wildman–Crippen MR) is 529 cm³/mol. The van der Waals surface area contributed by atoms with Crippen LogP contribution in [0.2, 0.25) is 40.2 Å². The molecule has 0 saturated carbocycles. The molecule has 4 fully saturated rings. The van der Waals surface area contributed by atoms with Gasteiger partial charge in [0.15, 0.2) is 39.9 Å². The minimum atomic E-state index is -1.89. The summed E-state index contributed by atoms with van der Waals surface area (Å²) < 4.78 is 22.8. The van der Waals surface area contributed by atoms with Gasteiger partial charge in [0.25, 0.3) is 5.91 Å². The summed E-state index contributed by atoms with van der Waals surface area (Å²) in [4.78, 5) is 93.0. The molecule has 0 spiro atoms. The van der Waals surface area contributed by atoms with Crippen molar-refractivity contribution in [2.24, 2.45) is 0 Å². The van der Waals surface area contributed by atoms with Crippen LogP contribution in [0.15, 0.2) is 296 Å². The van der Waals surface area contributed by atoms with E-state index in [1.54, 1.807) is 307 Å². The number of carbonyl (C=O) groups is 5. The minimum absolute atomic E-state index is 0.00417. The number of rotatable bonds is 19. The van der Waals surface area contributed by atoms with Crippen molar-refractivity contribution >= 4 is 207 Å². The Bertz CT molecular complexity index is 6010. The highest BCUT2D eigenvalue weighted by Crippen LogP contribution is 2.56. The fourth-order valence-corrected chi connectivity index (χ4v) is 18.1. The molecule has 33 heteroatoms. The molecule has 12 aromatic carbocycles. The normalized spacial score (nSPS) is 21.2. The number of hydrogen-bond donors (Lipinski definition) is 3. The molecule has 0 bridgehead atoms. The highest BCUT2D eigenvalue weighted by Gasteiger charge is 2.70. The molecule has 0 radical (unpaired) electrons. The molecule has 4 saturated heterocycles. The maximum absolute atomic E-state index is 14.0. The van der Waals surface area contributed by atoms with Crippen LogP contribution in [0, 0.1) is 26.3 Å². The number of aliphatic hydroxyl groups is 3. The number of ether oxygens (including phenoxy) is 4. The molecule has 5 unspecified atom stereocenters. The second kappa shape index (κ2) is 42.0. The Morgan fingerprint density at radius 3 is 0.714 bits per heavy atom. The molecule has 9 amide bonds. The van der Waals surface area contributed by atoms with Crippen LogP contribution in [0.1, 0.15) is 44.4 Å². The second-order valence-corrected chi connectivity index (χ2v) is 35.8.